The van der Waals surface area contributed by atoms with Gasteiger partial charge < -0.3 is 4.74 Å². The first-order valence-electron chi connectivity index (χ1n) is 8.95. The molecular weight excluding hydrogens is 402 g/mol. The van der Waals surface area contributed by atoms with Crippen molar-refractivity contribution in [3.05, 3.63) is 39.6 Å². The highest BCUT2D eigenvalue weighted by molar-refractivity contribution is 7.90. The van der Waals surface area contributed by atoms with Gasteiger partial charge in [0, 0.05) is 23.6 Å². The molecule has 0 aliphatic carbocycles. The molecule has 2 atom stereocenters. The predicted molar refractivity (Wildman–Crippen MR) is 110 cm³/mol. The van der Waals surface area contributed by atoms with Gasteiger partial charge in [0.05, 0.1) is 22.8 Å². The Morgan fingerprint density at radius 2 is 2.07 bits per heavy atom. The summed E-state index contributed by atoms with van der Waals surface area (Å²) in [5, 5.41) is 5.68. The number of hydrogen-bond acceptors (Lipinski definition) is 6. The summed E-state index contributed by atoms with van der Waals surface area (Å²) in [5.74, 6) is 0.364. The van der Waals surface area contributed by atoms with Crippen LogP contribution in [0.25, 0.3) is 21.2 Å². The molecule has 0 spiro atoms. The molecule has 0 aliphatic heterocycles. The number of azide groups is 1. The Bertz CT molecular complexity index is 1010. The molecule has 0 aromatic carbocycles. The van der Waals surface area contributed by atoms with Crippen molar-refractivity contribution in [2.45, 2.75) is 51.7 Å². The zero-order chi connectivity index (χ0) is 20.9. The van der Waals surface area contributed by atoms with Gasteiger partial charge in [0.1, 0.15) is 15.0 Å². The van der Waals surface area contributed by atoms with Crippen LogP contribution in [0.2, 0.25) is 5.15 Å². The maximum absolute atomic E-state index is 11.4. The van der Waals surface area contributed by atoms with E-state index in [1.165, 1.54) is 6.26 Å². The van der Waals surface area contributed by atoms with E-state index in [9.17, 15) is 8.42 Å². The molecule has 0 unspecified atom stereocenters. The molecular formula is C18H24ClN5O3S. The fourth-order valence-electron chi connectivity index (χ4n) is 3.06. The van der Waals surface area contributed by atoms with Crippen molar-refractivity contribution in [3.8, 4) is 5.88 Å². The van der Waals surface area contributed by atoms with Crippen LogP contribution in [0.5, 0.6) is 5.88 Å². The molecule has 2 aromatic rings. The fraction of sp³-hybridized carbons (Fsp3) is 0.556. The third kappa shape index (κ3) is 5.47. The second-order valence-corrected chi connectivity index (χ2v) is 9.74. The topological polar surface area (TPSA) is 118 Å². The van der Waals surface area contributed by atoms with Gasteiger partial charge in [-0.1, -0.05) is 30.1 Å². The van der Waals surface area contributed by atoms with Gasteiger partial charge in [-0.05, 0) is 49.2 Å². The number of rotatable bonds is 9. The number of ether oxygens (including phenoxy) is 1. The standard InChI is InChI=1S/C18H24ClN5O3S/c1-5-7-18(3,23-24-20)15-11-22-17(14-10-21-16(19)9-13(14)15)27-12(2)6-8-28(4,25)26/h9-12H,5-8H2,1-4H3/t12-,18+/m1/s1. The van der Waals surface area contributed by atoms with Crippen LogP contribution in [0.1, 0.15) is 45.6 Å². The summed E-state index contributed by atoms with van der Waals surface area (Å²) in [6.07, 6.45) is 5.83. The van der Waals surface area contributed by atoms with Gasteiger partial charge >= 0.3 is 0 Å². The van der Waals surface area contributed by atoms with E-state index in [2.05, 4.69) is 20.0 Å². The Morgan fingerprint density at radius 3 is 2.68 bits per heavy atom. The fourth-order valence-corrected chi connectivity index (χ4v) is 3.98. The average Bonchev–Trinajstić information content (AvgIpc) is 2.59. The zero-order valence-electron chi connectivity index (χ0n) is 16.4. The molecule has 10 heteroatoms. The molecule has 0 bridgehead atoms. The Hall–Kier alpha value is -2.09. The Balaban J connectivity index is 2.51. The van der Waals surface area contributed by atoms with E-state index in [0.717, 1.165) is 17.4 Å². The third-order valence-corrected chi connectivity index (χ3v) is 5.68. The van der Waals surface area contributed by atoms with E-state index in [4.69, 9.17) is 21.9 Å². The van der Waals surface area contributed by atoms with E-state index < -0.39 is 15.4 Å². The second-order valence-electron chi connectivity index (χ2n) is 7.09. The summed E-state index contributed by atoms with van der Waals surface area (Å²) < 4.78 is 28.6. The Kier molecular flexibility index (Phi) is 7.09. The van der Waals surface area contributed by atoms with Crippen LogP contribution in [-0.2, 0) is 15.4 Å². The number of halogens is 1. The first-order valence-corrected chi connectivity index (χ1v) is 11.4. The maximum Gasteiger partial charge on any atom is 0.223 e. The largest absolute Gasteiger partial charge is 0.474 e. The van der Waals surface area contributed by atoms with Crippen LogP contribution >= 0.6 is 11.6 Å². The molecule has 28 heavy (non-hydrogen) atoms. The summed E-state index contributed by atoms with van der Waals surface area (Å²) in [6, 6.07) is 1.70. The molecule has 152 valence electrons. The number of nitrogens with zero attached hydrogens (tertiary/aromatic N) is 5. The molecule has 0 N–H and O–H groups in total. The van der Waals surface area contributed by atoms with E-state index in [1.54, 1.807) is 25.4 Å². The van der Waals surface area contributed by atoms with Crippen LogP contribution < -0.4 is 4.74 Å². The third-order valence-electron chi connectivity index (χ3n) is 4.49. The summed E-state index contributed by atoms with van der Waals surface area (Å²) in [4.78, 5) is 11.5. The highest BCUT2D eigenvalue weighted by Gasteiger charge is 2.28. The molecule has 0 saturated heterocycles. The lowest BCUT2D eigenvalue weighted by atomic mass is 9.87. The van der Waals surface area contributed by atoms with Crippen LogP contribution in [0.3, 0.4) is 0 Å². The van der Waals surface area contributed by atoms with Crippen molar-refractivity contribution in [2.24, 2.45) is 5.11 Å². The number of hydrogen-bond donors (Lipinski definition) is 0. The van der Waals surface area contributed by atoms with E-state index in [0.29, 0.717) is 29.3 Å². The molecule has 0 aliphatic rings. The molecule has 0 amide bonds. The highest BCUT2D eigenvalue weighted by Crippen LogP contribution is 2.38. The van der Waals surface area contributed by atoms with Gasteiger partial charge in [0.15, 0.2) is 0 Å². The van der Waals surface area contributed by atoms with Crippen molar-refractivity contribution in [3.63, 3.8) is 0 Å². The van der Waals surface area contributed by atoms with Crippen molar-refractivity contribution in [1.29, 1.82) is 0 Å². The molecule has 2 rings (SSSR count). The van der Waals surface area contributed by atoms with Crippen LogP contribution in [-0.4, -0.2) is 36.5 Å². The van der Waals surface area contributed by atoms with Crippen molar-refractivity contribution >= 4 is 32.2 Å². The summed E-state index contributed by atoms with van der Waals surface area (Å²) in [5.41, 5.74) is 8.99. The quantitative estimate of drug-likeness (QED) is 0.247. The van der Waals surface area contributed by atoms with Gasteiger partial charge in [-0.3, -0.25) is 0 Å². The van der Waals surface area contributed by atoms with Crippen molar-refractivity contribution in [2.75, 3.05) is 12.0 Å². The monoisotopic (exact) mass is 425 g/mol. The van der Waals surface area contributed by atoms with E-state index in [-0.39, 0.29) is 11.9 Å². The summed E-state index contributed by atoms with van der Waals surface area (Å²) in [7, 11) is -3.08. The Labute approximate surface area is 169 Å². The number of sulfone groups is 1. The summed E-state index contributed by atoms with van der Waals surface area (Å²) >= 11 is 6.11. The van der Waals surface area contributed by atoms with Crippen LogP contribution in [0.4, 0.5) is 0 Å². The second kappa shape index (κ2) is 8.94. The van der Waals surface area contributed by atoms with Crippen LogP contribution in [0.15, 0.2) is 23.6 Å². The van der Waals surface area contributed by atoms with Gasteiger partial charge in [-0.2, -0.15) is 0 Å². The lowest BCUT2D eigenvalue weighted by Crippen LogP contribution is -2.20. The number of fused-ring (bicyclic) bond motifs is 1. The average molecular weight is 426 g/mol. The lowest BCUT2D eigenvalue weighted by molar-refractivity contribution is 0.212. The van der Waals surface area contributed by atoms with Crippen LogP contribution in [0, 0.1) is 0 Å². The molecule has 2 heterocycles. The number of pyridine rings is 2. The maximum atomic E-state index is 11.4. The molecule has 0 radical (unpaired) electrons. The minimum atomic E-state index is -3.08. The Morgan fingerprint density at radius 1 is 1.36 bits per heavy atom. The van der Waals surface area contributed by atoms with E-state index in [1.807, 2.05) is 13.8 Å². The molecule has 0 saturated carbocycles. The predicted octanol–water partition coefficient (Wildman–Crippen LogP) is 4.81. The minimum Gasteiger partial charge on any atom is -0.474 e. The smallest absolute Gasteiger partial charge is 0.223 e. The van der Waals surface area contributed by atoms with Gasteiger partial charge in [-0.25, -0.2) is 18.4 Å². The highest BCUT2D eigenvalue weighted by atomic mass is 35.5. The SMILES string of the molecule is CCC[C@](C)(N=[N+]=[N-])c1cnc(O[C@H](C)CCS(C)(=O)=O)c2cnc(Cl)cc12. The van der Waals surface area contributed by atoms with Gasteiger partial charge in [-0.15, -0.1) is 0 Å². The van der Waals surface area contributed by atoms with E-state index >= 15 is 0 Å². The minimum absolute atomic E-state index is 0.0275. The first kappa shape index (κ1) is 22.2. The zero-order valence-corrected chi connectivity index (χ0v) is 18.0. The number of aromatic nitrogens is 2. The molecule has 8 nitrogen and oxygen atoms in total. The van der Waals surface area contributed by atoms with Gasteiger partial charge in [0.2, 0.25) is 5.88 Å². The lowest BCUT2D eigenvalue weighted by Gasteiger charge is -2.26. The van der Waals surface area contributed by atoms with Crippen molar-refractivity contribution in [1.82, 2.24) is 9.97 Å². The summed E-state index contributed by atoms with van der Waals surface area (Å²) in [6.45, 7) is 5.66. The molecule has 2 aromatic heterocycles. The molecule has 0 fully saturated rings. The first-order chi connectivity index (χ1) is 13.1. The van der Waals surface area contributed by atoms with Crippen molar-refractivity contribution < 1.29 is 13.2 Å². The normalized spacial score (nSPS) is 14.9. The van der Waals surface area contributed by atoms with Gasteiger partial charge in [0.25, 0.3) is 0 Å².